The summed E-state index contributed by atoms with van der Waals surface area (Å²) >= 11 is 1.54. The van der Waals surface area contributed by atoms with E-state index in [0.717, 1.165) is 12.2 Å². The van der Waals surface area contributed by atoms with Crippen LogP contribution in [-0.4, -0.2) is 58.6 Å². The molecule has 2 atom stereocenters. The van der Waals surface area contributed by atoms with Crippen LogP contribution in [0, 0.1) is 0 Å². The second kappa shape index (κ2) is 5.12. The zero-order valence-corrected chi connectivity index (χ0v) is 10.9. The molecule has 17 heavy (non-hydrogen) atoms. The maximum absolute atomic E-state index is 11.2. The van der Waals surface area contributed by atoms with Crippen LogP contribution in [0.4, 0.5) is 0 Å². The second-order valence-corrected chi connectivity index (χ2v) is 5.34. The topological polar surface area (TPSA) is 56.7 Å². The number of carboxylic acid groups (broad SMARTS) is 1. The Morgan fingerprint density at radius 1 is 1.71 bits per heavy atom. The van der Waals surface area contributed by atoms with Crippen LogP contribution in [0.5, 0.6) is 0 Å². The van der Waals surface area contributed by atoms with Crippen LogP contribution in [-0.2, 0) is 11.3 Å². The van der Waals surface area contributed by atoms with Crippen molar-refractivity contribution in [1.29, 1.82) is 0 Å². The van der Waals surface area contributed by atoms with Gasteiger partial charge in [0.05, 0.1) is 11.2 Å². The van der Waals surface area contributed by atoms with Gasteiger partial charge in [-0.15, -0.1) is 11.3 Å². The first-order chi connectivity index (χ1) is 8.08. The summed E-state index contributed by atoms with van der Waals surface area (Å²) in [5, 5.41) is 11.2. The summed E-state index contributed by atoms with van der Waals surface area (Å²) in [6.45, 7) is 1.42. The molecule has 94 valence electrons. The number of carbonyl (C=O) groups is 1. The molecular weight excluding hydrogens is 238 g/mol. The quantitative estimate of drug-likeness (QED) is 0.859. The average Bonchev–Trinajstić information content (AvgIpc) is 2.87. The molecule has 1 saturated heterocycles. The Bertz CT molecular complexity index is 380. The lowest BCUT2D eigenvalue weighted by Gasteiger charge is -2.20. The Kier molecular flexibility index (Phi) is 3.76. The lowest BCUT2D eigenvalue weighted by molar-refractivity contribution is -0.142. The highest BCUT2D eigenvalue weighted by molar-refractivity contribution is 7.07. The van der Waals surface area contributed by atoms with Crippen molar-refractivity contribution in [1.82, 2.24) is 14.8 Å². The highest BCUT2D eigenvalue weighted by Crippen LogP contribution is 2.23. The first-order valence-electron chi connectivity index (χ1n) is 5.58. The molecule has 0 radical (unpaired) electrons. The number of likely N-dealkylation sites (tertiary alicyclic amines) is 1. The van der Waals surface area contributed by atoms with Gasteiger partial charge in [0, 0.05) is 24.5 Å². The maximum atomic E-state index is 11.2. The standard InChI is InChI=1S/C11H17N3O2S/c1-13(2)9-3-10(11(15)16)14(5-9)4-8-6-17-7-12-8/h6-7,9-10H,3-5H2,1-2H3,(H,15,16)/t9-,10+/m1/s1. The number of hydrogen-bond acceptors (Lipinski definition) is 5. The van der Waals surface area contributed by atoms with Crippen LogP contribution in [0.25, 0.3) is 0 Å². The monoisotopic (exact) mass is 255 g/mol. The summed E-state index contributed by atoms with van der Waals surface area (Å²) in [7, 11) is 3.99. The summed E-state index contributed by atoms with van der Waals surface area (Å²) in [4.78, 5) is 19.5. The van der Waals surface area contributed by atoms with Crippen molar-refractivity contribution in [3.05, 3.63) is 16.6 Å². The van der Waals surface area contributed by atoms with Crippen molar-refractivity contribution >= 4 is 17.3 Å². The van der Waals surface area contributed by atoms with Gasteiger partial charge in [0.25, 0.3) is 0 Å². The summed E-state index contributed by atoms with van der Waals surface area (Å²) in [5.41, 5.74) is 2.74. The minimum Gasteiger partial charge on any atom is -0.480 e. The van der Waals surface area contributed by atoms with Gasteiger partial charge in [-0.3, -0.25) is 9.69 Å². The molecule has 0 aliphatic carbocycles. The molecule has 0 unspecified atom stereocenters. The van der Waals surface area contributed by atoms with E-state index in [4.69, 9.17) is 0 Å². The fourth-order valence-electron chi connectivity index (χ4n) is 2.21. The zero-order chi connectivity index (χ0) is 12.4. The van der Waals surface area contributed by atoms with E-state index >= 15 is 0 Å². The first kappa shape index (κ1) is 12.5. The SMILES string of the molecule is CN(C)[C@@H]1C[C@@H](C(=O)O)N(Cc2cscn2)C1. The number of likely N-dealkylation sites (N-methyl/N-ethyl adjacent to an activating group) is 1. The molecule has 1 aliphatic rings. The third kappa shape index (κ3) is 2.83. The Morgan fingerprint density at radius 2 is 2.47 bits per heavy atom. The normalized spacial score (nSPS) is 25.6. The molecule has 1 fully saturated rings. The van der Waals surface area contributed by atoms with Gasteiger partial charge in [0.2, 0.25) is 0 Å². The van der Waals surface area contributed by atoms with Crippen LogP contribution in [0.15, 0.2) is 10.9 Å². The highest BCUT2D eigenvalue weighted by atomic mass is 32.1. The van der Waals surface area contributed by atoms with Crippen LogP contribution < -0.4 is 0 Å². The molecular formula is C11H17N3O2S. The lowest BCUT2D eigenvalue weighted by Crippen LogP contribution is -2.35. The Balaban J connectivity index is 2.06. The Morgan fingerprint density at radius 3 is 3.00 bits per heavy atom. The molecule has 1 aliphatic heterocycles. The van der Waals surface area contributed by atoms with Gasteiger partial charge < -0.3 is 10.0 Å². The Labute approximate surface area is 105 Å². The lowest BCUT2D eigenvalue weighted by atomic mass is 10.1. The number of carboxylic acids is 1. The van der Waals surface area contributed by atoms with Crippen molar-refractivity contribution in [2.75, 3.05) is 20.6 Å². The molecule has 0 bridgehead atoms. The molecule has 0 spiro atoms. The second-order valence-electron chi connectivity index (χ2n) is 4.62. The third-order valence-corrected chi connectivity index (χ3v) is 3.88. The van der Waals surface area contributed by atoms with E-state index in [1.807, 2.05) is 24.4 Å². The van der Waals surface area contributed by atoms with Crippen molar-refractivity contribution < 1.29 is 9.90 Å². The molecule has 0 amide bonds. The molecule has 6 heteroatoms. The van der Waals surface area contributed by atoms with Gasteiger partial charge in [0.1, 0.15) is 6.04 Å². The number of thiazole rings is 1. The van der Waals surface area contributed by atoms with Gasteiger partial charge in [-0.2, -0.15) is 0 Å². The van der Waals surface area contributed by atoms with E-state index in [1.54, 1.807) is 16.8 Å². The zero-order valence-electron chi connectivity index (χ0n) is 10.0. The molecule has 1 N–H and O–H groups in total. The fraction of sp³-hybridized carbons (Fsp3) is 0.636. The van der Waals surface area contributed by atoms with Gasteiger partial charge in [-0.1, -0.05) is 0 Å². The van der Waals surface area contributed by atoms with Crippen LogP contribution in [0.3, 0.4) is 0 Å². The van der Waals surface area contributed by atoms with Crippen molar-refractivity contribution in [3.63, 3.8) is 0 Å². The fourth-order valence-corrected chi connectivity index (χ4v) is 2.76. The van der Waals surface area contributed by atoms with Gasteiger partial charge in [0.15, 0.2) is 0 Å². The highest BCUT2D eigenvalue weighted by Gasteiger charge is 2.37. The van der Waals surface area contributed by atoms with E-state index < -0.39 is 5.97 Å². The molecule has 0 saturated carbocycles. The summed E-state index contributed by atoms with van der Waals surface area (Å²) in [5.74, 6) is -0.732. The smallest absolute Gasteiger partial charge is 0.320 e. The van der Waals surface area contributed by atoms with Crippen molar-refractivity contribution in [2.24, 2.45) is 0 Å². The first-order valence-corrected chi connectivity index (χ1v) is 6.52. The summed E-state index contributed by atoms with van der Waals surface area (Å²) in [6, 6.07) is -0.0705. The van der Waals surface area contributed by atoms with Crippen molar-refractivity contribution in [3.8, 4) is 0 Å². The summed E-state index contributed by atoms with van der Waals surface area (Å²) < 4.78 is 0. The predicted octanol–water partition coefficient (Wildman–Crippen LogP) is 0.732. The number of aliphatic carboxylic acids is 1. The molecule has 2 heterocycles. The largest absolute Gasteiger partial charge is 0.480 e. The van der Waals surface area contributed by atoms with E-state index in [-0.39, 0.29) is 6.04 Å². The number of rotatable bonds is 4. The van der Waals surface area contributed by atoms with E-state index in [2.05, 4.69) is 9.88 Å². The van der Waals surface area contributed by atoms with Gasteiger partial charge in [-0.25, -0.2) is 4.98 Å². The van der Waals surface area contributed by atoms with Gasteiger partial charge >= 0.3 is 5.97 Å². The minimum absolute atomic E-state index is 0.315. The molecule has 2 rings (SSSR count). The average molecular weight is 255 g/mol. The third-order valence-electron chi connectivity index (χ3n) is 3.25. The number of aromatic nitrogens is 1. The van der Waals surface area contributed by atoms with Crippen LogP contribution in [0.1, 0.15) is 12.1 Å². The molecule has 1 aromatic rings. The molecule has 1 aromatic heterocycles. The van der Waals surface area contributed by atoms with Gasteiger partial charge in [-0.05, 0) is 20.5 Å². The van der Waals surface area contributed by atoms with E-state index in [1.165, 1.54) is 0 Å². The van der Waals surface area contributed by atoms with Crippen molar-refractivity contribution in [2.45, 2.75) is 25.0 Å². The van der Waals surface area contributed by atoms with E-state index in [9.17, 15) is 9.90 Å². The maximum Gasteiger partial charge on any atom is 0.320 e. The molecule has 5 nitrogen and oxygen atoms in total. The van der Waals surface area contributed by atoms with Crippen LogP contribution >= 0.6 is 11.3 Å². The predicted molar refractivity (Wildman–Crippen MR) is 66.0 cm³/mol. The number of nitrogens with zero attached hydrogens (tertiary/aromatic N) is 3. The Hall–Kier alpha value is -0.980. The molecule has 0 aromatic carbocycles. The summed E-state index contributed by atoms with van der Waals surface area (Å²) in [6.07, 6.45) is 0.687. The number of hydrogen-bond donors (Lipinski definition) is 1. The van der Waals surface area contributed by atoms with E-state index in [0.29, 0.717) is 19.0 Å². The van der Waals surface area contributed by atoms with Crippen LogP contribution in [0.2, 0.25) is 0 Å². The minimum atomic E-state index is -0.732.